The maximum absolute atomic E-state index is 11.1. The van der Waals surface area contributed by atoms with E-state index in [1.54, 1.807) is 32.8 Å². The lowest BCUT2D eigenvalue weighted by molar-refractivity contribution is -0.208. The molecule has 5 nitrogen and oxygen atoms in total. The minimum absolute atomic E-state index is 0.407. The molecule has 1 fully saturated rings. The van der Waals surface area contributed by atoms with Gasteiger partial charge >= 0.3 is 5.97 Å². The molecule has 0 spiro atoms. The number of hydrogen-bond acceptors (Lipinski definition) is 5. The standard InChI is InChI=1S/C9H17NO4/c1-9(2)7(10(3)4)5(11)6(12)8(13)14-9/h5-7,11-12H,1-4H3/t5?,6-,7?/m0/s1. The summed E-state index contributed by atoms with van der Waals surface area (Å²) in [5, 5.41) is 19.1. The van der Waals surface area contributed by atoms with Gasteiger partial charge in [0.05, 0.1) is 6.04 Å². The summed E-state index contributed by atoms with van der Waals surface area (Å²) in [6.07, 6.45) is -2.56. The molecule has 2 unspecified atom stereocenters. The van der Waals surface area contributed by atoms with E-state index in [-0.39, 0.29) is 0 Å². The summed E-state index contributed by atoms with van der Waals surface area (Å²) in [6, 6.07) is -0.407. The lowest BCUT2D eigenvalue weighted by atomic mass is 9.87. The molecule has 0 aromatic rings. The van der Waals surface area contributed by atoms with Gasteiger partial charge in [-0.05, 0) is 27.9 Å². The zero-order valence-corrected chi connectivity index (χ0v) is 8.89. The van der Waals surface area contributed by atoms with Crippen molar-refractivity contribution in [3.63, 3.8) is 0 Å². The minimum Gasteiger partial charge on any atom is -0.456 e. The fourth-order valence-electron chi connectivity index (χ4n) is 2.03. The van der Waals surface area contributed by atoms with Gasteiger partial charge in [-0.1, -0.05) is 0 Å². The van der Waals surface area contributed by atoms with Gasteiger partial charge in [0.1, 0.15) is 11.7 Å². The van der Waals surface area contributed by atoms with Crippen LogP contribution >= 0.6 is 0 Å². The van der Waals surface area contributed by atoms with E-state index in [1.807, 2.05) is 0 Å². The van der Waals surface area contributed by atoms with Crippen molar-refractivity contribution < 1.29 is 19.7 Å². The SMILES string of the molecule is CN(C)C1C(O)[C@H](O)C(=O)OC1(C)C. The van der Waals surface area contributed by atoms with Crippen molar-refractivity contribution in [1.29, 1.82) is 0 Å². The Morgan fingerprint density at radius 2 is 1.86 bits per heavy atom. The van der Waals surface area contributed by atoms with Crippen LogP contribution in [0.5, 0.6) is 0 Å². The van der Waals surface area contributed by atoms with Gasteiger partial charge in [-0.15, -0.1) is 0 Å². The average molecular weight is 203 g/mol. The number of hydrogen-bond donors (Lipinski definition) is 2. The molecular formula is C9H17NO4. The second-order valence-electron chi connectivity index (χ2n) is 4.37. The Kier molecular flexibility index (Phi) is 2.85. The summed E-state index contributed by atoms with van der Waals surface area (Å²) in [4.78, 5) is 12.9. The molecular weight excluding hydrogens is 186 g/mol. The summed E-state index contributed by atoms with van der Waals surface area (Å²) in [7, 11) is 3.53. The first-order chi connectivity index (χ1) is 6.27. The maximum atomic E-state index is 11.1. The highest BCUT2D eigenvalue weighted by molar-refractivity contribution is 5.77. The number of aliphatic hydroxyl groups is 2. The van der Waals surface area contributed by atoms with Crippen molar-refractivity contribution >= 4 is 5.97 Å². The summed E-state index contributed by atoms with van der Waals surface area (Å²) >= 11 is 0. The van der Waals surface area contributed by atoms with Gasteiger partial charge in [-0.3, -0.25) is 0 Å². The third kappa shape index (κ3) is 1.75. The smallest absolute Gasteiger partial charge is 0.338 e. The van der Waals surface area contributed by atoms with Crippen molar-refractivity contribution in [2.24, 2.45) is 0 Å². The van der Waals surface area contributed by atoms with E-state index in [9.17, 15) is 15.0 Å². The fourth-order valence-corrected chi connectivity index (χ4v) is 2.03. The highest BCUT2D eigenvalue weighted by Crippen LogP contribution is 2.28. The second kappa shape index (κ2) is 3.49. The molecule has 0 saturated carbocycles. The number of rotatable bonds is 1. The number of ether oxygens (including phenoxy) is 1. The maximum Gasteiger partial charge on any atom is 0.338 e. The molecule has 0 bridgehead atoms. The number of cyclic esters (lactones) is 1. The molecule has 0 aliphatic carbocycles. The van der Waals surface area contributed by atoms with Gasteiger partial charge in [-0.25, -0.2) is 4.79 Å². The molecule has 5 heteroatoms. The average Bonchev–Trinajstić information content (AvgIpc) is 1.98. The Morgan fingerprint density at radius 3 is 2.29 bits per heavy atom. The molecule has 1 rings (SSSR count). The third-order valence-electron chi connectivity index (χ3n) is 2.52. The Hall–Kier alpha value is -0.650. The van der Waals surface area contributed by atoms with Crippen LogP contribution in [0.25, 0.3) is 0 Å². The van der Waals surface area contributed by atoms with Crippen LogP contribution in [-0.4, -0.2) is 59.0 Å². The summed E-state index contributed by atoms with van der Waals surface area (Å²) in [5.41, 5.74) is -0.792. The quantitative estimate of drug-likeness (QED) is 0.533. The first-order valence-electron chi connectivity index (χ1n) is 4.53. The van der Waals surface area contributed by atoms with E-state index in [0.717, 1.165) is 0 Å². The van der Waals surface area contributed by atoms with Crippen molar-refractivity contribution in [2.75, 3.05) is 14.1 Å². The number of likely N-dealkylation sites (N-methyl/N-ethyl adjacent to an activating group) is 1. The Balaban J connectivity index is 2.96. The van der Waals surface area contributed by atoms with Crippen molar-refractivity contribution in [1.82, 2.24) is 4.90 Å². The summed E-state index contributed by atoms with van der Waals surface area (Å²) in [6.45, 7) is 3.43. The lowest BCUT2D eigenvalue weighted by Crippen LogP contribution is -2.65. The van der Waals surface area contributed by atoms with E-state index in [4.69, 9.17) is 4.74 Å². The number of aliphatic hydroxyl groups excluding tert-OH is 2. The van der Waals surface area contributed by atoms with Crippen molar-refractivity contribution in [3.8, 4) is 0 Å². The molecule has 0 radical (unpaired) electrons. The Bertz CT molecular complexity index is 239. The zero-order chi connectivity index (χ0) is 11.1. The highest BCUT2D eigenvalue weighted by atomic mass is 16.6. The molecule has 1 aliphatic rings. The Morgan fingerprint density at radius 1 is 1.36 bits per heavy atom. The van der Waals surface area contributed by atoms with E-state index < -0.39 is 29.8 Å². The topological polar surface area (TPSA) is 70.0 Å². The molecule has 1 aliphatic heterocycles. The predicted molar refractivity (Wildman–Crippen MR) is 49.7 cm³/mol. The van der Waals surface area contributed by atoms with Crippen LogP contribution in [0.4, 0.5) is 0 Å². The first-order valence-corrected chi connectivity index (χ1v) is 4.53. The van der Waals surface area contributed by atoms with Crippen LogP contribution in [0.3, 0.4) is 0 Å². The fraction of sp³-hybridized carbons (Fsp3) is 0.889. The number of nitrogens with zero attached hydrogens (tertiary/aromatic N) is 1. The normalized spacial score (nSPS) is 37.1. The number of carbonyl (C=O) groups is 1. The number of carbonyl (C=O) groups excluding carboxylic acids is 1. The third-order valence-corrected chi connectivity index (χ3v) is 2.52. The largest absolute Gasteiger partial charge is 0.456 e. The zero-order valence-electron chi connectivity index (χ0n) is 8.89. The summed E-state index contributed by atoms with van der Waals surface area (Å²) in [5.74, 6) is -0.763. The second-order valence-corrected chi connectivity index (χ2v) is 4.37. The molecule has 82 valence electrons. The van der Waals surface area contributed by atoms with Crippen molar-refractivity contribution in [2.45, 2.75) is 37.7 Å². The molecule has 0 aromatic carbocycles. The van der Waals surface area contributed by atoms with E-state index in [1.165, 1.54) is 0 Å². The summed E-state index contributed by atoms with van der Waals surface area (Å²) < 4.78 is 5.04. The molecule has 0 amide bonds. The lowest BCUT2D eigenvalue weighted by Gasteiger charge is -2.45. The molecule has 0 aromatic heterocycles. The van der Waals surface area contributed by atoms with Crippen LogP contribution in [0, 0.1) is 0 Å². The molecule has 14 heavy (non-hydrogen) atoms. The molecule has 1 heterocycles. The van der Waals surface area contributed by atoms with Gasteiger partial charge in [0.25, 0.3) is 0 Å². The van der Waals surface area contributed by atoms with E-state index in [0.29, 0.717) is 0 Å². The van der Waals surface area contributed by atoms with Gasteiger partial charge in [0.2, 0.25) is 0 Å². The molecule has 3 atom stereocenters. The first kappa shape index (κ1) is 11.4. The van der Waals surface area contributed by atoms with Crippen LogP contribution in [0.15, 0.2) is 0 Å². The van der Waals surface area contributed by atoms with Gasteiger partial charge in [-0.2, -0.15) is 0 Å². The monoisotopic (exact) mass is 203 g/mol. The van der Waals surface area contributed by atoms with Gasteiger partial charge in [0, 0.05) is 0 Å². The number of esters is 1. The van der Waals surface area contributed by atoms with Crippen LogP contribution < -0.4 is 0 Å². The minimum atomic E-state index is -1.45. The predicted octanol–water partition coefficient (Wildman–Crippen LogP) is -1.03. The van der Waals surface area contributed by atoms with Crippen LogP contribution in [0.1, 0.15) is 13.8 Å². The van der Waals surface area contributed by atoms with Gasteiger partial charge in [0.15, 0.2) is 6.10 Å². The van der Waals surface area contributed by atoms with Crippen LogP contribution in [0.2, 0.25) is 0 Å². The van der Waals surface area contributed by atoms with Gasteiger partial charge < -0.3 is 19.8 Å². The Labute approximate surface area is 83.3 Å². The van der Waals surface area contributed by atoms with Crippen molar-refractivity contribution in [3.05, 3.63) is 0 Å². The van der Waals surface area contributed by atoms with E-state index in [2.05, 4.69) is 0 Å². The van der Waals surface area contributed by atoms with Crippen LogP contribution in [-0.2, 0) is 9.53 Å². The van der Waals surface area contributed by atoms with E-state index >= 15 is 0 Å². The highest BCUT2D eigenvalue weighted by Gasteiger charge is 2.50. The molecule has 1 saturated heterocycles. The molecule has 2 N–H and O–H groups in total.